The number of nitriles is 1. The van der Waals surface area contributed by atoms with Crippen molar-refractivity contribution >= 4 is 11.6 Å². The molecule has 1 aromatic rings. The van der Waals surface area contributed by atoms with E-state index in [0.29, 0.717) is 11.4 Å². The lowest BCUT2D eigenvalue weighted by molar-refractivity contribution is 0.407. The standard InChI is InChI=1S/C11H12ClNO/c1-7-6-9(4-5-13)11(14-3)8(2)10(7)12/h6H,4H2,1-3H3. The number of hydrogen-bond acceptors (Lipinski definition) is 2. The van der Waals surface area contributed by atoms with Crippen LogP contribution in [0.3, 0.4) is 0 Å². The Labute approximate surface area is 89.1 Å². The molecule has 0 aliphatic heterocycles. The van der Waals surface area contributed by atoms with Crippen LogP contribution in [-0.4, -0.2) is 7.11 Å². The highest BCUT2D eigenvalue weighted by atomic mass is 35.5. The summed E-state index contributed by atoms with van der Waals surface area (Å²) >= 11 is 6.07. The number of rotatable bonds is 2. The molecule has 0 atom stereocenters. The summed E-state index contributed by atoms with van der Waals surface area (Å²) < 4.78 is 5.23. The lowest BCUT2D eigenvalue weighted by Gasteiger charge is -2.12. The molecule has 0 amide bonds. The zero-order valence-corrected chi connectivity index (χ0v) is 9.27. The van der Waals surface area contributed by atoms with Crippen molar-refractivity contribution in [3.05, 3.63) is 27.8 Å². The molecule has 0 aliphatic rings. The van der Waals surface area contributed by atoms with Gasteiger partial charge < -0.3 is 4.74 Å². The highest BCUT2D eigenvalue weighted by molar-refractivity contribution is 6.32. The zero-order valence-electron chi connectivity index (χ0n) is 8.52. The van der Waals surface area contributed by atoms with E-state index in [9.17, 15) is 0 Å². The summed E-state index contributed by atoms with van der Waals surface area (Å²) in [6, 6.07) is 4.01. The highest BCUT2D eigenvalue weighted by Crippen LogP contribution is 2.32. The van der Waals surface area contributed by atoms with E-state index in [0.717, 1.165) is 22.4 Å². The fourth-order valence-corrected chi connectivity index (χ4v) is 1.67. The Hall–Kier alpha value is -1.20. The second kappa shape index (κ2) is 4.34. The molecule has 0 aromatic heterocycles. The van der Waals surface area contributed by atoms with Crippen LogP contribution < -0.4 is 4.74 Å². The van der Waals surface area contributed by atoms with Crippen LogP contribution in [0.15, 0.2) is 6.07 Å². The first-order valence-corrected chi connectivity index (χ1v) is 4.69. The summed E-state index contributed by atoms with van der Waals surface area (Å²) in [7, 11) is 1.59. The molecule has 0 radical (unpaired) electrons. The lowest BCUT2D eigenvalue weighted by Crippen LogP contribution is -1.96. The third kappa shape index (κ3) is 1.83. The maximum absolute atomic E-state index is 8.65. The van der Waals surface area contributed by atoms with Crippen molar-refractivity contribution < 1.29 is 4.74 Å². The van der Waals surface area contributed by atoms with Crippen molar-refractivity contribution in [1.82, 2.24) is 0 Å². The van der Waals surface area contributed by atoms with Crippen molar-refractivity contribution in [2.75, 3.05) is 7.11 Å². The molecule has 2 nitrogen and oxygen atoms in total. The molecule has 14 heavy (non-hydrogen) atoms. The van der Waals surface area contributed by atoms with Gasteiger partial charge in [0, 0.05) is 11.1 Å². The predicted molar refractivity (Wildman–Crippen MR) is 56.8 cm³/mol. The molecule has 1 rings (SSSR count). The van der Waals surface area contributed by atoms with E-state index in [1.165, 1.54) is 0 Å². The van der Waals surface area contributed by atoms with E-state index < -0.39 is 0 Å². The molecule has 0 saturated heterocycles. The maximum Gasteiger partial charge on any atom is 0.127 e. The van der Waals surface area contributed by atoms with Crippen LogP contribution in [-0.2, 0) is 6.42 Å². The maximum atomic E-state index is 8.65. The first kappa shape index (κ1) is 10.9. The molecule has 0 saturated carbocycles. The van der Waals surface area contributed by atoms with E-state index in [1.807, 2.05) is 19.9 Å². The van der Waals surface area contributed by atoms with Crippen molar-refractivity contribution in [1.29, 1.82) is 5.26 Å². The molecular weight excluding hydrogens is 198 g/mol. The molecule has 0 unspecified atom stereocenters. The van der Waals surface area contributed by atoms with Crippen LogP contribution in [0.1, 0.15) is 16.7 Å². The number of benzene rings is 1. The van der Waals surface area contributed by atoms with E-state index in [4.69, 9.17) is 21.6 Å². The van der Waals surface area contributed by atoms with Gasteiger partial charge in [0.25, 0.3) is 0 Å². The first-order valence-electron chi connectivity index (χ1n) is 4.31. The second-order valence-corrected chi connectivity index (χ2v) is 3.54. The van der Waals surface area contributed by atoms with Gasteiger partial charge in [-0.05, 0) is 25.5 Å². The van der Waals surface area contributed by atoms with Crippen LogP contribution >= 0.6 is 11.6 Å². The van der Waals surface area contributed by atoms with Gasteiger partial charge >= 0.3 is 0 Å². The number of methoxy groups -OCH3 is 1. The average molecular weight is 210 g/mol. The Balaban J connectivity index is 3.37. The van der Waals surface area contributed by atoms with Gasteiger partial charge in [0.05, 0.1) is 24.6 Å². The number of aryl methyl sites for hydroxylation is 1. The van der Waals surface area contributed by atoms with Crippen molar-refractivity contribution in [2.24, 2.45) is 0 Å². The lowest BCUT2D eigenvalue weighted by atomic mass is 10.0. The predicted octanol–water partition coefficient (Wildman–Crippen LogP) is 3.03. The van der Waals surface area contributed by atoms with Gasteiger partial charge in [-0.3, -0.25) is 0 Å². The Morgan fingerprint density at radius 1 is 1.50 bits per heavy atom. The minimum Gasteiger partial charge on any atom is -0.496 e. The summed E-state index contributed by atoms with van der Waals surface area (Å²) in [6.45, 7) is 3.82. The molecule has 3 heteroatoms. The van der Waals surface area contributed by atoms with Crippen LogP contribution in [0.4, 0.5) is 0 Å². The summed E-state index contributed by atoms with van der Waals surface area (Å²) in [5.41, 5.74) is 2.78. The largest absolute Gasteiger partial charge is 0.496 e. The zero-order chi connectivity index (χ0) is 10.7. The molecule has 0 heterocycles. The van der Waals surface area contributed by atoms with Gasteiger partial charge in [-0.25, -0.2) is 0 Å². The van der Waals surface area contributed by atoms with Crippen LogP contribution in [0, 0.1) is 25.2 Å². The van der Waals surface area contributed by atoms with Gasteiger partial charge in [0.2, 0.25) is 0 Å². The molecule has 0 aliphatic carbocycles. The fourth-order valence-electron chi connectivity index (χ4n) is 1.53. The normalized spacial score (nSPS) is 9.64. The molecule has 0 bridgehead atoms. The van der Waals surface area contributed by atoms with Gasteiger partial charge in [0.15, 0.2) is 0 Å². The molecule has 0 N–H and O–H groups in total. The summed E-state index contributed by atoms with van der Waals surface area (Å²) in [5, 5.41) is 9.36. The van der Waals surface area contributed by atoms with E-state index in [1.54, 1.807) is 7.11 Å². The van der Waals surface area contributed by atoms with Gasteiger partial charge in [-0.1, -0.05) is 11.6 Å². The third-order valence-electron chi connectivity index (χ3n) is 2.17. The van der Waals surface area contributed by atoms with Gasteiger partial charge in [-0.2, -0.15) is 5.26 Å². The molecular formula is C11H12ClNO. The second-order valence-electron chi connectivity index (χ2n) is 3.16. The molecule has 1 aromatic carbocycles. The van der Waals surface area contributed by atoms with Gasteiger partial charge in [0.1, 0.15) is 5.75 Å². The highest BCUT2D eigenvalue weighted by Gasteiger charge is 2.11. The van der Waals surface area contributed by atoms with Crippen molar-refractivity contribution in [3.63, 3.8) is 0 Å². The summed E-state index contributed by atoms with van der Waals surface area (Å²) in [5.74, 6) is 0.724. The quantitative estimate of drug-likeness (QED) is 0.750. The minimum atomic E-state index is 0.349. The number of hydrogen-bond donors (Lipinski definition) is 0. The average Bonchev–Trinajstić information content (AvgIpc) is 2.16. The Morgan fingerprint density at radius 2 is 2.14 bits per heavy atom. The van der Waals surface area contributed by atoms with Gasteiger partial charge in [-0.15, -0.1) is 0 Å². The molecule has 0 spiro atoms. The van der Waals surface area contributed by atoms with Crippen molar-refractivity contribution in [2.45, 2.75) is 20.3 Å². The Kier molecular flexibility index (Phi) is 3.38. The van der Waals surface area contributed by atoms with Crippen LogP contribution in [0.25, 0.3) is 0 Å². The molecule has 74 valence electrons. The van der Waals surface area contributed by atoms with E-state index >= 15 is 0 Å². The summed E-state index contributed by atoms with van der Waals surface area (Å²) in [4.78, 5) is 0. The van der Waals surface area contributed by atoms with E-state index in [-0.39, 0.29) is 0 Å². The third-order valence-corrected chi connectivity index (χ3v) is 2.75. The Morgan fingerprint density at radius 3 is 2.64 bits per heavy atom. The monoisotopic (exact) mass is 209 g/mol. The minimum absolute atomic E-state index is 0.349. The fraction of sp³-hybridized carbons (Fsp3) is 0.364. The number of nitrogens with zero attached hydrogens (tertiary/aromatic N) is 1. The molecule has 0 fully saturated rings. The van der Waals surface area contributed by atoms with E-state index in [2.05, 4.69) is 6.07 Å². The first-order chi connectivity index (χ1) is 6.61. The number of ether oxygens (including phenoxy) is 1. The Bertz CT molecular complexity index is 393. The van der Waals surface area contributed by atoms with Crippen LogP contribution in [0.2, 0.25) is 5.02 Å². The van der Waals surface area contributed by atoms with Crippen LogP contribution in [0.5, 0.6) is 5.75 Å². The topological polar surface area (TPSA) is 33.0 Å². The number of halogens is 1. The SMILES string of the molecule is COc1c(CC#N)cc(C)c(Cl)c1C. The van der Waals surface area contributed by atoms with Crippen molar-refractivity contribution in [3.8, 4) is 11.8 Å². The smallest absolute Gasteiger partial charge is 0.127 e. The summed E-state index contributed by atoms with van der Waals surface area (Å²) in [6.07, 6.45) is 0.349.